The summed E-state index contributed by atoms with van der Waals surface area (Å²) in [4.78, 5) is 0. The van der Waals surface area contributed by atoms with E-state index < -0.39 is 8.80 Å². The van der Waals surface area contributed by atoms with E-state index in [2.05, 4.69) is 13.8 Å². The van der Waals surface area contributed by atoms with Gasteiger partial charge in [0.15, 0.2) is 0 Å². The third-order valence-corrected chi connectivity index (χ3v) is 7.62. The minimum Gasteiger partial charge on any atom is -0.376 e. The molecule has 0 heterocycles. The molecule has 92 valence electrons. The van der Waals surface area contributed by atoms with Crippen LogP contribution in [-0.4, -0.2) is 34.5 Å². The summed E-state index contributed by atoms with van der Waals surface area (Å²) < 4.78 is 16.2. The Kier molecular flexibility index (Phi) is 7.11. The zero-order valence-electron chi connectivity index (χ0n) is 10.5. The summed E-state index contributed by atoms with van der Waals surface area (Å²) in [7, 11) is 2.29. The van der Waals surface area contributed by atoms with Crippen LogP contribution in [0, 0.1) is 0 Å². The van der Waals surface area contributed by atoms with Gasteiger partial charge in [-0.25, -0.2) is 0 Å². The maximum atomic E-state index is 5.51. The molecule has 0 aliphatic heterocycles. The second-order valence-corrected chi connectivity index (χ2v) is 8.23. The quantitative estimate of drug-likeness (QED) is 0.532. The van der Waals surface area contributed by atoms with Gasteiger partial charge in [-0.2, -0.15) is 12.6 Å². The Labute approximate surface area is 100 Å². The Morgan fingerprint density at radius 2 is 1.53 bits per heavy atom. The normalized spacial score (nSPS) is 16.4. The molecule has 0 saturated heterocycles. The van der Waals surface area contributed by atoms with Crippen LogP contribution < -0.4 is 0 Å². The van der Waals surface area contributed by atoms with Gasteiger partial charge in [-0.15, -0.1) is 0 Å². The summed E-state index contributed by atoms with van der Waals surface area (Å²) in [6, 6.07) is 0. The van der Waals surface area contributed by atoms with E-state index in [4.69, 9.17) is 25.9 Å². The van der Waals surface area contributed by atoms with Crippen LogP contribution in [0.1, 0.15) is 39.5 Å². The van der Waals surface area contributed by atoms with Crippen LogP contribution in [0.25, 0.3) is 0 Å². The monoisotopic (exact) mass is 252 g/mol. The van der Waals surface area contributed by atoms with E-state index >= 15 is 0 Å². The van der Waals surface area contributed by atoms with E-state index in [-0.39, 0.29) is 4.37 Å². The molecule has 3 nitrogen and oxygen atoms in total. The fourth-order valence-corrected chi connectivity index (χ4v) is 5.37. The van der Waals surface area contributed by atoms with Crippen molar-refractivity contribution in [3.05, 3.63) is 0 Å². The number of unbranched alkanes of at least 4 members (excludes halogenated alkanes) is 1. The van der Waals surface area contributed by atoms with Gasteiger partial charge in [0.05, 0.1) is 4.37 Å². The zero-order valence-corrected chi connectivity index (χ0v) is 12.4. The minimum absolute atomic E-state index is 0.277. The largest absolute Gasteiger partial charge is 0.516 e. The van der Waals surface area contributed by atoms with Gasteiger partial charge in [0.25, 0.3) is 0 Å². The highest BCUT2D eigenvalue weighted by atomic mass is 32.1. The van der Waals surface area contributed by atoms with Crippen molar-refractivity contribution in [2.75, 3.05) is 21.3 Å². The summed E-state index contributed by atoms with van der Waals surface area (Å²) in [5, 5.41) is 0. The lowest BCUT2D eigenvalue weighted by Crippen LogP contribution is -2.60. The molecule has 0 amide bonds. The molecule has 0 aromatic carbocycles. The van der Waals surface area contributed by atoms with Gasteiger partial charge in [0.2, 0.25) is 0 Å². The zero-order chi connectivity index (χ0) is 11.9. The topological polar surface area (TPSA) is 27.7 Å². The number of hydrogen-bond acceptors (Lipinski definition) is 4. The lowest BCUT2D eigenvalue weighted by molar-refractivity contribution is 0.104. The Bertz CT molecular complexity index is 168. The van der Waals surface area contributed by atoms with E-state index in [1.54, 1.807) is 21.3 Å². The molecule has 0 radical (unpaired) electrons. The molecule has 15 heavy (non-hydrogen) atoms. The Morgan fingerprint density at radius 1 is 1.07 bits per heavy atom. The Balaban J connectivity index is 4.84. The van der Waals surface area contributed by atoms with E-state index in [1.165, 1.54) is 0 Å². The summed E-state index contributed by atoms with van der Waals surface area (Å²) in [6.45, 7) is 4.26. The van der Waals surface area contributed by atoms with Crippen LogP contribution in [0.4, 0.5) is 0 Å². The van der Waals surface area contributed by atoms with Crippen LogP contribution in [0.5, 0.6) is 0 Å². The van der Waals surface area contributed by atoms with Crippen LogP contribution in [0.15, 0.2) is 0 Å². The molecular weight excluding hydrogens is 228 g/mol. The van der Waals surface area contributed by atoms with Crippen molar-refractivity contribution in [1.29, 1.82) is 0 Å². The predicted molar refractivity (Wildman–Crippen MR) is 68.3 cm³/mol. The maximum Gasteiger partial charge on any atom is 0.516 e. The van der Waals surface area contributed by atoms with Crippen LogP contribution >= 0.6 is 12.6 Å². The summed E-state index contributed by atoms with van der Waals surface area (Å²) >= 11 is 4.76. The summed E-state index contributed by atoms with van der Waals surface area (Å²) in [6.07, 6.45) is 4.11. The van der Waals surface area contributed by atoms with E-state index in [0.29, 0.717) is 0 Å². The van der Waals surface area contributed by atoms with Crippen molar-refractivity contribution in [2.24, 2.45) is 0 Å². The van der Waals surface area contributed by atoms with Gasteiger partial charge < -0.3 is 13.3 Å². The second kappa shape index (κ2) is 6.91. The summed E-state index contributed by atoms with van der Waals surface area (Å²) in [5.74, 6) is 0. The maximum absolute atomic E-state index is 5.51. The van der Waals surface area contributed by atoms with Gasteiger partial charge >= 0.3 is 8.80 Å². The van der Waals surface area contributed by atoms with Crippen molar-refractivity contribution in [3.8, 4) is 0 Å². The number of hydrogen-bond donors (Lipinski definition) is 1. The lowest BCUT2D eigenvalue weighted by atomic mass is 10.1. The average Bonchev–Trinajstić information content (AvgIpc) is 2.29. The molecule has 0 N–H and O–H groups in total. The molecule has 0 bridgehead atoms. The third-order valence-electron chi connectivity index (χ3n) is 2.90. The van der Waals surface area contributed by atoms with Crippen LogP contribution in [0.3, 0.4) is 0 Å². The van der Waals surface area contributed by atoms with Gasteiger partial charge in [-0.3, -0.25) is 0 Å². The first-order chi connectivity index (χ1) is 7.05. The molecule has 0 spiro atoms. The molecule has 0 rings (SSSR count). The highest BCUT2D eigenvalue weighted by molar-refractivity contribution is 7.84. The molecule has 1 atom stereocenters. The second-order valence-electron chi connectivity index (χ2n) is 3.66. The van der Waals surface area contributed by atoms with Gasteiger partial charge in [0, 0.05) is 21.3 Å². The van der Waals surface area contributed by atoms with Crippen molar-refractivity contribution in [1.82, 2.24) is 0 Å². The van der Waals surface area contributed by atoms with Crippen molar-refractivity contribution in [3.63, 3.8) is 0 Å². The average molecular weight is 252 g/mol. The van der Waals surface area contributed by atoms with Gasteiger partial charge in [-0.1, -0.05) is 26.7 Å². The third kappa shape index (κ3) is 3.20. The SMILES string of the molecule is CCCCC(S)(CC)[Si](OC)(OC)OC. The van der Waals surface area contributed by atoms with E-state index in [9.17, 15) is 0 Å². The van der Waals surface area contributed by atoms with E-state index in [1.807, 2.05) is 0 Å². The van der Waals surface area contributed by atoms with Gasteiger partial charge in [-0.05, 0) is 12.8 Å². The van der Waals surface area contributed by atoms with Crippen molar-refractivity contribution >= 4 is 21.4 Å². The lowest BCUT2D eigenvalue weighted by Gasteiger charge is -2.39. The summed E-state index contributed by atoms with van der Waals surface area (Å²) in [5.41, 5.74) is 0. The first kappa shape index (κ1) is 15.4. The fourth-order valence-electron chi connectivity index (χ4n) is 1.84. The fraction of sp³-hybridized carbons (Fsp3) is 1.00. The minimum atomic E-state index is -2.64. The van der Waals surface area contributed by atoms with Crippen molar-refractivity contribution in [2.45, 2.75) is 43.9 Å². The van der Waals surface area contributed by atoms with E-state index in [0.717, 1.165) is 25.7 Å². The van der Waals surface area contributed by atoms with Crippen LogP contribution in [-0.2, 0) is 13.3 Å². The molecule has 0 saturated carbocycles. The molecule has 0 aromatic heterocycles. The molecule has 1 unspecified atom stereocenters. The first-order valence-electron chi connectivity index (χ1n) is 5.43. The molecule has 0 fully saturated rings. The molecule has 0 aliphatic rings. The predicted octanol–water partition coefficient (Wildman–Crippen LogP) is 2.67. The highest BCUT2D eigenvalue weighted by Gasteiger charge is 2.56. The molecule has 5 heteroatoms. The Hall–Kier alpha value is 0.447. The van der Waals surface area contributed by atoms with Crippen LogP contribution in [0.2, 0.25) is 0 Å². The van der Waals surface area contributed by atoms with Gasteiger partial charge in [0.1, 0.15) is 0 Å². The molecule has 0 aromatic rings. The first-order valence-corrected chi connectivity index (χ1v) is 7.60. The van der Waals surface area contributed by atoms with Crippen molar-refractivity contribution < 1.29 is 13.3 Å². The molecule has 0 aliphatic carbocycles. The highest BCUT2D eigenvalue weighted by Crippen LogP contribution is 2.37. The standard InChI is InChI=1S/C10H24O3SSi/c1-6-8-9-10(14,7-2)15(11-3,12-4)13-5/h14H,6-9H2,1-5H3. The molecular formula is C10H24O3SSi. The number of thiol groups is 1. The number of rotatable bonds is 8. The smallest absolute Gasteiger partial charge is 0.376 e. The Morgan fingerprint density at radius 3 is 1.80 bits per heavy atom.